The van der Waals surface area contributed by atoms with Crippen LogP contribution < -0.4 is 30.0 Å². The molecule has 4 rings (SSSR count). The molecule has 0 bridgehead atoms. The summed E-state index contributed by atoms with van der Waals surface area (Å²) in [6.07, 6.45) is 0.637. The zero-order chi connectivity index (χ0) is 22.2. The van der Waals surface area contributed by atoms with Gasteiger partial charge in [-0.3, -0.25) is 9.59 Å². The Morgan fingerprint density at radius 2 is 1.94 bits per heavy atom. The summed E-state index contributed by atoms with van der Waals surface area (Å²) in [5.41, 5.74) is 7.79. The number of quaternary nitrogens is 1. The first kappa shape index (κ1) is 20.8. The molecule has 0 radical (unpaired) electrons. The van der Waals surface area contributed by atoms with Gasteiger partial charge >= 0.3 is 0 Å². The van der Waals surface area contributed by atoms with Crippen LogP contribution in [0.4, 0.5) is 5.69 Å². The lowest BCUT2D eigenvalue weighted by molar-refractivity contribution is -0.924. The second-order valence-corrected chi connectivity index (χ2v) is 7.91. The Labute approximate surface area is 180 Å². The highest BCUT2D eigenvalue weighted by Gasteiger charge is 2.48. The molecule has 3 N–H and O–H groups in total. The summed E-state index contributed by atoms with van der Waals surface area (Å²) in [7, 11) is 4.97. The van der Waals surface area contributed by atoms with Crippen molar-refractivity contribution in [1.82, 2.24) is 0 Å². The van der Waals surface area contributed by atoms with E-state index in [1.54, 1.807) is 31.4 Å². The summed E-state index contributed by atoms with van der Waals surface area (Å²) < 4.78 is 22.1. The van der Waals surface area contributed by atoms with Crippen molar-refractivity contribution >= 4 is 17.5 Å². The van der Waals surface area contributed by atoms with Gasteiger partial charge in [0, 0.05) is 12.1 Å². The number of carbonyl (C=O) groups is 2. The number of nitrogens with one attached hydrogen (secondary N) is 1. The largest absolute Gasteiger partial charge is 0.497 e. The molecule has 0 saturated carbocycles. The topological polar surface area (TPSA) is 109 Å². The van der Waals surface area contributed by atoms with Gasteiger partial charge in [-0.25, -0.2) is 0 Å². The van der Waals surface area contributed by atoms with Crippen LogP contribution in [0.1, 0.15) is 17.2 Å². The summed E-state index contributed by atoms with van der Waals surface area (Å²) in [6, 6.07) is 8.21. The Hall–Kier alpha value is -3.46. The van der Waals surface area contributed by atoms with E-state index in [4.69, 9.17) is 24.7 Å². The van der Waals surface area contributed by atoms with Crippen LogP contribution in [0.25, 0.3) is 0 Å². The fourth-order valence-electron chi connectivity index (χ4n) is 4.43. The number of amides is 2. The normalized spacial score (nSPS) is 21.2. The molecule has 2 amide bonds. The summed E-state index contributed by atoms with van der Waals surface area (Å²) in [6.45, 7) is 0.655. The molecule has 0 saturated heterocycles. The zero-order valence-corrected chi connectivity index (χ0v) is 17.8. The molecule has 2 aliphatic rings. The SMILES string of the molecule is COc1ccc(NC(=O)[C@@H]2c3c(cc4c(c3OC)OCO4)CC[N+]2(C)CC(N)=O)cc1. The van der Waals surface area contributed by atoms with Gasteiger partial charge in [0.2, 0.25) is 12.5 Å². The minimum absolute atomic E-state index is 0.0116. The number of anilines is 1. The molecule has 2 aromatic carbocycles. The lowest BCUT2D eigenvalue weighted by Gasteiger charge is -2.44. The van der Waals surface area contributed by atoms with E-state index in [1.807, 2.05) is 13.1 Å². The number of ether oxygens (including phenoxy) is 4. The maximum atomic E-state index is 13.6. The lowest BCUT2D eigenvalue weighted by Crippen LogP contribution is -2.58. The van der Waals surface area contributed by atoms with Gasteiger partial charge in [-0.1, -0.05) is 0 Å². The Kier molecular flexibility index (Phi) is 5.36. The van der Waals surface area contributed by atoms with Crippen LogP contribution in [0.2, 0.25) is 0 Å². The molecule has 0 aliphatic carbocycles. The number of methoxy groups -OCH3 is 2. The molecule has 2 aliphatic heterocycles. The standard InChI is InChI=1S/C22H25N3O6/c1-25(11-17(23)26)9-8-13-10-16-20(31-12-30-16)21(29-3)18(13)19(25)22(27)24-14-4-6-15(28-2)7-5-14/h4-7,10,19H,8-9,11-12H2,1-3H3,(H2-,23,24,26,27)/p+1/t19-,25?/m0/s1. The highest BCUT2D eigenvalue weighted by atomic mass is 16.7. The average molecular weight is 428 g/mol. The van der Waals surface area contributed by atoms with Crippen LogP contribution in [0.15, 0.2) is 30.3 Å². The Morgan fingerprint density at radius 3 is 2.58 bits per heavy atom. The van der Waals surface area contributed by atoms with Gasteiger partial charge in [0.25, 0.3) is 11.8 Å². The molecule has 0 spiro atoms. The summed E-state index contributed by atoms with van der Waals surface area (Å²) in [4.78, 5) is 25.5. The maximum Gasteiger partial charge on any atom is 0.287 e. The van der Waals surface area contributed by atoms with E-state index >= 15 is 0 Å². The Bertz CT molecular complexity index is 1020. The molecule has 0 aromatic heterocycles. The van der Waals surface area contributed by atoms with Crippen LogP contribution in [-0.2, 0) is 16.0 Å². The number of nitrogens with two attached hydrogens (primary N) is 1. The molecular formula is C22H26N3O6+. The van der Waals surface area contributed by atoms with E-state index < -0.39 is 11.9 Å². The fourth-order valence-corrected chi connectivity index (χ4v) is 4.43. The van der Waals surface area contributed by atoms with Crippen LogP contribution in [-0.4, -0.2) is 57.4 Å². The number of benzene rings is 2. The molecule has 9 nitrogen and oxygen atoms in total. The van der Waals surface area contributed by atoms with Crippen LogP contribution in [0.3, 0.4) is 0 Å². The quantitative estimate of drug-likeness (QED) is 0.677. The molecule has 2 heterocycles. The Balaban J connectivity index is 1.79. The monoisotopic (exact) mass is 428 g/mol. The molecule has 164 valence electrons. The third kappa shape index (κ3) is 3.72. The molecule has 1 unspecified atom stereocenters. The number of nitrogens with zero attached hydrogens (tertiary/aromatic N) is 1. The van der Waals surface area contributed by atoms with E-state index in [2.05, 4.69) is 5.32 Å². The van der Waals surface area contributed by atoms with Gasteiger partial charge < -0.3 is 34.5 Å². The maximum absolute atomic E-state index is 13.6. The van der Waals surface area contributed by atoms with Crippen molar-refractivity contribution in [3.05, 3.63) is 41.5 Å². The third-order valence-corrected chi connectivity index (χ3v) is 5.86. The first-order chi connectivity index (χ1) is 14.9. The van der Waals surface area contributed by atoms with Gasteiger partial charge in [0.1, 0.15) is 5.75 Å². The first-order valence-electron chi connectivity index (χ1n) is 9.93. The van der Waals surface area contributed by atoms with Crippen molar-refractivity contribution in [2.75, 3.05) is 46.5 Å². The minimum Gasteiger partial charge on any atom is -0.497 e. The van der Waals surface area contributed by atoms with E-state index in [9.17, 15) is 9.59 Å². The van der Waals surface area contributed by atoms with Crippen molar-refractivity contribution in [2.24, 2.45) is 5.73 Å². The van der Waals surface area contributed by atoms with Crippen LogP contribution >= 0.6 is 0 Å². The minimum atomic E-state index is -0.734. The number of hydrogen-bond acceptors (Lipinski definition) is 6. The van der Waals surface area contributed by atoms with E-state index in [0.717, 1.165) is 5.56 Å². The predicted molar refractivity (Wildman–Crippen MR) is 112 cm³/mol. The highest BCUT2D eigenvalue weighted by Crippen LogP contribution is 2.51. The molecule has 31 heavy (non-hydrogen) atoms. The lowest BCUT2D eigenvalue weighted by atomic mass is 9.88. The number of carbonyl (C=O) groups excluding carboxylic acids is 2. The first-order valence-corrected chi connectivity index (χ1v) is 9.93. The van der Waals surface area contributed by atoms with E-state index in [0.29, 0.717) is 47.2 Å². The van der Waals surface area contributed by atoms with Crippen molar-refractivity contribution in [3.8, 4) is 23.0 Å². The number of likely N-dealkylation sites (N-methyl/N-ethyl adjacent to an activating group) is 1. The fraction of sp³-hybridized carbons (Fsp3) is 0.364. The van der Waals surface area contributed by atoms with Crippen molar-refractivity contribution in [3.63, 3.8) is 0 Å². The van der Waals surface area contributed by atoms with Crippen molar-refractivity contribution in [1.29, 1.82) is 0 Å². The van der Waals surface area contributed by atoms with E-state index in [1.165, 1.54) is 7.11 Å². The smallest absolute Gasteiger partial charge is 0.287 e. The molecule has 2 atom stereocenters. The Morgan fingerprint density at radius 1 is 1.19 bits per heavy atom. The molecule has 9 heteroatoms. The van der Waals surface area contributed by atoms with Gasteiger partial charge in [-0.15, -0.1) is 0 Å². The summed E-state index contributed by atoms with van der Waals surface area (Å²) in [5, 5.41) is 2.96. The van der Waals surface area contributed by atoms with Crippen molar-refractivity contribution in [2.45, 2.75) is 12.5 Å². The third-order valence-electron chi connectivity index (χ3n) is 5.86. The second-order valence-electron chi connectivity index (χ2n) is 7.91. The average Bonchev–Trinajstić information content (AvgIpc) is 3.20. The number of rotatable bonds is 6. The number of fused-ring (bicyclic) bond motifs is 2. The second kappa shape index (κ2) is 7.99. The summed E-state index contributed by atoms with van der Waals surface area (Å²) in [5.74, 6) is 1.45. The number of hydrogen-bond donors (Lipinski definition) is 2. The van der Waals surface area contributed by atoms with E-state index in [-0.39, 0.29) is 23.7 Å². The highest BCUT2D eigenvalue weighted by molar-refractivity contribution is 5.96. The van der Waals surface area contributed by atoms with Crippen LogP contribution in [0, 0.1) is 0 Å². The van der Waals surface area contributed by atoms with Gasteiger partial charge in [-0.05, 0) is 35.9 Å². The summed E-state index contributed by atoms with van der Waals surface area (Å²) >= 11 is 0. The van der Waals surface area contributed by atoms with Gasteiger partial charge in [0.15, 0.2) is 24.1 Å². The van der Waals surface area contributed by atoms with Crippen molar-refractivity contribution < 1.29 is 33.0 Å². The predicted octanol–water partition coefficient (Wildman–Crippen LogP) is 1.60. The zero-order valence-electron chi connectivity index (χ0n) is 17.8. The molecule has 0 fully saturated rings. The molecule has 2 aromatic rings. The number of primary amides is 1. The molecular weight excluding hydrogens is 402 g/mol. The van der Waals surface area contributed by atoms with Gasteiger partial charge in [0.05, 0.1) is 33.4 Å². The van der Waals surface area contributed by atoms with Crippen LogP contribution in [0.5, 0.6) is 23.0 Å². The van der Waals surface area contributed by atoms with Gasteiger partial charge in [-0.2, -0.15) is 0 Å².